The molecule has 4 rings (SSSR count). The Bertz CT molecular complexity index is 907. The summed E-state index contributed by atoms with van der Waals surface area (Å²) in [5.41, 5.74) is 0.0186. The van der Waals surface area contributed by atoms with Gasteiger partial charge >= 0.3 is 18.4 Å². The maximum absolute atomic E-state index is 14.3. The van der Waals surface area contributed by atoms with Crippen molar-refractivity contribution < 1.29 is 37.0 Å². The van der Waals surface area contributed by atoms with E-state index in [9.17, 15) is 32.3 Å². The summed E-state index contributed by atoms with van der Waals surface area (Å²) in [5.74, 6) is -1.76. The van der Waals surface area contributed by atoms with Crippen molar-refractivity contribution >= 4 is 12.1 Å². The molecule has 2 aliphatic heterocycles. The van der Waals surface area contributed by atoms with Crippen molar-refractivity contribution in [2.24, 2.45) is 5.92 Å². The van der Waals surface area contributed by atoms with Gasteiger partial charge in [0.25, 0.3) is 0 Å². The van der Waals surface area contributed by atoms with Crippen LogP contribution < -0.4 is 10.1 Å². The van der Waals surface area contributed by atoms with Crippen LogP contribution in [0.25, 0.3) is 0 Å². The molecule has 3 aliphatic rings. The second kappa shape index (κ2) is 9.85. The summed E-state index contributed by atoms with van der Waals surface area (Å²) in [6, 6.07) is 1.93. The molecule has 12 heteroatoms. The van der Waals surface area contributed by atoms with Gasteiger partial charge in [-0.25, -0.2) is 14.0 Å². The van der Waals surface area contributed by atoms with Gasteiger partial charge < -0.3 is 29.9 Å². The number of hydrogen-bond acceptors (Lipinski definition) is 4. The van der Waals surface area contributed by atoms with Crippen LogP contribution in [0.1, 0.15) is 31.2 Å². The molecule has 0 aromatic heterocycles. The summed E-state index contributed by atoms with van der Waals surface area (Å²) in [5, 5.41) is 12.4. The number of alkyl halides is 3. The van der Waals surface area contributed by atoms with Crippen LogP contribution in [0.3, 0.4) is 0 Å². The second-order valence-electron chi connectivity index (χ2n) is 9.06. The predicted octanol–water partition coefficient (Wildman–Crippen LogP) is 2.91. The van der Waals surface area contributed by atoms with Gasteiger partial charge in [-0.1, -0.05) is 6.07 Å². The molecule has 2 atom stereocenters. The van der Waals surface area contributed by atoms with Gasteiger partial charge in [-0.15, -0.1) is 13.2 Å². The number of aliphatic hydroxyl groups is 1. The van der Waals surface area contributed by atoms with Gasteiger partial charge in [0.1, 0.15) is 11.6 Å². The Hall–Kier alpha value is -2.76. The van der Waals surface area contributed by atoms with Crippen molar-refractivity contribution in [1.82, 2.24) is 20.0 Å². The smallest absolute Gasteiger partial charge is 0.406 e. The van der Waals surface area contributed by atoms with Gasteiger partial charge in [-0.2, -0.15) is 0 Å². The normalized spacial score (nSPS) is 22.7. The lowest BCUT2D eigenvalue weighted by molar-refractivity contribution is -0.274. The van der Waals surface area contributed by atoms with E-state index in [1.54, 1.807) is 14.7 Å². The SMILES string of the molecule is O=C(N1CCC1)N1CC(CO)CC(N(C(=O)NCc2ccc(OC(F)(F)F)cc2F)C2CC2)C1. The number of carbonyl (C=O) groups excluding carboxylic acids is 2. The number of piperidine rings is 1. The van der Waals surface area contributed by atoms with Crippen LogP contribution in [0.4, 0.5) is 27.2 Å². The Morgan fingerprint density at radius 2 is 1.88 bits per heavy atom. The first-order chi connectivity index (χ1) is 16.1. The number of benzene rings is 1. The van der Waals surface area contributed by atoms with Gasteiger partial charge in [-0.05, 0) is 31.7 Å². The molecule has 2 saturated heterocycles. The zero-order chi connectivity index (χ0) is 24.5. The number of rotatable bonds is 6. The highest BCUT2D eigenvalue weighted by Gasteiger charge is 2.42. The van der Waals surface area contributed by atoms with E-state index in [2.05, 4.69) is 10.1 Å². The summed E-state index contributed by atoms with van der Waals surface area (Å²) in [6.45, 7) is 1.88. The molecule has 1 aromatic carbocycles. The maximum Gasteiger partial charge on any atom is 0.573 e. The third-order valence-corrected chi connectivity index (χ3v) is 6.43. The van der Waals surface area contributed by atoms with Crippen molar-refractivity contribution in [2.75, 3.05) is 32.8 Å². The highest BCUT2D eigenvalue weighted by Crippen LogP contribution is 2.33. The third-order valence-electron chi connectivity index (χ3n) is 6.43. The van der Waals surface area contributed by atoms with Crippen molar-refractivity contribution in [2.45, 2.75) is 50.7 Å². The maximum atomic E-state index is 14.3. The summed E-state index contributed by atoms with van der Waals surface area (Å²) in [7, 11) is 0. The quantitative estimate of drug-likeness (QED) is 0.604. The molecule has 1 aliphatic carbocycles. The first kappa shape index (κ1) is 24.4. The van der Waals surface area contributed by atoms with Crippen LogP contribution in [0.5, 0.6) is 5.75 Å². The number of carbonyl (C=O) groups is 2. The van der Waals surface area contributed by atoms with Crippen LogP contribution in [0.2, 0.25) is 0 Å². The molecule has 1 aromatic rings. The lowest BCUT2D eigenvalue weighted by Gasteiger charge is -2.45. The molecule has 0 spiro atoms. The van der Waals surface area contributed by atoms with Gasteiger partial charge in [-0.3, -0.25) is 0 Å². The van der Waals surface area contributed by atoms with E-state index >= 15 is 0 Å². The number of likely N-dealkylation sites (tertiary alicyclic amines) is 2. The summed E-state index contributed by atoms with van der Waals surface area (Å²) in [4.78, 5) is 30.9. The Morgan fingerprint density at radius 3 is 2.44 bits per heavy atom. The minimum Gasteiger partial charge on any atom is -0.406 e. The van der Waals surface area contributed by atoms with Crippen molar-refractivity contribution in [3.63, 3.8) is 0 Å². The van der Waals surface area contributed by atoms with E-state index in [0.29, 0.717) is 38.7 Å². The van der Waals surface area contributed by atoms with Gasteiger partial charge in [0.05, 0.1) is 6.04 Å². The molecule has 0 bridgehead atoms. The van der Waals surface area contributed by atoms with Crippen molar-refractivity contribution in [3.8, 4) is 5.75 Å². The molecular formula is C22H28F4N4O4. The number of aliphatic hydroxyl groups excluding tert-OH is 1. The van der Waals surface area contributed by atoms with E-state index in [0.717, 1.165) is 31.4 Å². The molecule has 34 heavy (non-hydrogen) atoms. The Balaban J connectivity index is 1.41. The zero-order valence-corrected chi connectivity index (χ0v) is 18.6. The van der Waals surface area contributed by atoms with Crippen molar-refractivity contribution in [1.29, 1.82) is 0 Å². The van der Waals surface area contributed by atoms with E-state index in [1.807, 2.05) is 0 Å². The molecule has 3 fully saturated rings. The molecule has 4 amide bonds. The van der Waals surface area contributed by atoms with E-state index in [1.165, 1.54) is 0 Å². The highest BCUT2D eigenvalue weighted by atomic mass is 19.4. The molecule has 2 N–H and O–H groups in total. The average molecular weight is 488 g/mol. The standard InChI is InChI=1S/C22H28F4N4O4/c23-19-9-18(34-22(24,25)26)5-2-15(19)10-27-20(32)30(16-3-4-16)17-8-14(13-31)11-29(12-17)21(33)28-6-1-7-28/h2,5,9,14,16-17,31H,1,3-4,6-8,10-13H2,(H,27,32). The Morgan fingerprint density at radius 1 is 1.15 bits per heavy atom. The van der Waals surface area contributed by atoms with E-state index < -0.39 is 24.0 Å². The van der Waals surface area contributed by atoms with Gasteiger partial charge in [0.15, 0.2) is 0 Å². The summed E-state index contributed by atoms with van der Waals surface area (Å²) < 4.78 is 54.9. The monoisotopic (exact) mass is 488 g/mol. The highest BCUT2D eigenvalue weighted by molar-refractivity contribution is 5.77. The number of nitrogens with zero attached hydrogens (tertiary/aromatic N) is 3. The van der Waals surface area contributed by atoms with Crippen molar-refractivity contribution in [3.05, 3.63) is 29.6 Å². The number of urea groups is 2. The number of halogens is 4. The minimum absolute atomic E-state index is 0.00388. The molecule has 0 radical (unpaired) electrons. The fourth-order valence-corrected chi connectivity index (χ4v) is 4.49. The minimum atomic E-state index is -4.93. The van der Waals surface area contributed by atoms with E-state index in [4.69, 9.17) is 0 Å². The van der Waals surface area contributed by atoms with Crippen LogP contribution >= 0.6 is 0 Å². The Kier molecular flexibility index (Phi) is 7.06. The summed E-state index contributed by atoms with van der Waals surface area (Å²) in [6.07, 6.45) is -1.80. The first-order valence-corrected chi connectivity index (χ1v) is 11.4. The average Bonchev–Trinajstić information content (AvgIpc) is 3.55. The zero-order valence-electron chi connectivity index (χ0n) is 18.6. The molecule has 2 unspecified atom stereocenters. The van der Waals surface area contributed by atoms with Gasteiger partial charge in [0.2, 0.25) is 0 Å². The molecule has 2 heterocycles. The molecule has 188 valence electrons. The van der Waals surface area contributed by atoms with Crippen LogP contribution in [0, 0.1) is 11.7 Å². The first-order valence-electron chi connectivity index (χ1n) is 11.4. The number of ether oxygens (including phenoxy) is 1. The lowest BCUT2D eigenvalue weighted by atomic mass is 9.93. The topological polar surface area (TPSA) is 85.4 Å². The fourth-order valence-electron chi connectivity index (χ4n) is 4.49. The predicted molar refractivity (Wildman–Crippen MR) is 112 cm³/mol. The molecule has 1 saturated carbocycles. The number of amides is 4. The van der Waals surface area contributed by atoms with E-state index in [-0.39, 0.29) is 42.7 Å². The number of hydrogen-bond donors (Lipinski definition) is 2. The fraction of sp³-hybridized carbons (Fsp3) is 0.636. The molecule has 8 nitrogen and oxygen atoms in total. The van der Waals surface area contributed by atoms with Crippen LogP contribution in [-0.2, 0) is 6.54 Å². The Labute approximate surface area is 194 Å². The van der Waals surface area contributed by atoms with Crippen LogP contribution in [0.15, 0.2) is 18.2 Å². The third kappa shape index (κ3) is 5.83. The molecular weight excluding hydrogens is 460 g/mol. The van der Waals surface area contributed by atoms with Gasteiger partial charge in [0, 0.05) is 62.9 Å². The second-order valence-corrected chi connectivity index (χ2v) is 9.06. The lowest BCUT2D eigenvalue weighted by Crippen LogP contribution is -2.60. The summed E-state index contributed by atoms with van der Waals surface area (Å²) >= 11 is 0. The van der Waals surface area contributed by atoms with Crippen LogP contribution in [-0.4, -0.2) is 83.1 Å². The largest absolute Gasteiger partial charge is 0.573 e. The number of nitrogens with one attached hydrogen (secondary N) is 1.